The number of nitrogens with zero attached hydrogens (tertiary/aromatic N) is 5. The molecule has 8 heteroatoms. The van der Waals surface area contributed by atoms with Gasteiger partial charge in [-0.15, -0.1) is 0 Å². The minimum atomic E-state index is 0.602. The molecule has 0 atom stereocenters. The monoisotopic (exact) mass is 264 g/mol. The van der Waals surface area contributed by atoms with Crippen LogP contribution in [0.25, 0.3) is 11.2 Å². The second-order valence-corrected chi connectivity index (χ2v) is 4.46. The van der Waals surface area contributed by atoms with Crippen LogP contribution in [0, 0.1) is 11.7 Å². The van der Waals surface area contributed by atoms with Crippen LogP contribution in [0.5, 0.6) is 0 Å². The van der Waals surface area contributed by atoms with Gasteiger partial charge in [-0.25, -0.2) is 0 Å². The summed E-state index contributed by atoms with van der Waals surface area (Å²) in [4.78, 5) is 7.17. The van der Waals surface area contributed by atoms with Crippen molar-refractivity contribution in [3.63, 3.8) is 0 Å². The van der Waals surface area contributed by atoms with Crippen molar-refractivity contribution in [3.8, 4) is 0 Å². The van der Waals surface area contributed by atoms with Crippen molar-refractivity contribution in [1.82, 2.24) is 29.5 Å². The van der Waals surface area contributed by atoms with Gasteiger partial charge in [0.25, 0.3) is 0 Å². The molecule has 3 aromatic heterocycles. The third-order valence-corrected chi connectivity index (χ3v) is 3.20. The predicted octanol–water partition coefficient (Wildman–Crippen LogP) is 1.37. The van der Waals surface area contributed by atoms with Gasteiger partial charge < -0.3 is 14.1 Å². The molecule has 0 aliphatic heterocycles. The highest BCUT2D eigenvalue weighted by Crippen LogP contribution is 2.17. The molecule has 18 heavy (non-hydrogen) atoms. The number of aryl methyl sites for hydroxylation is 4. The fraction of sp³-hybridized carbons (Fsp3) is 0.400. The van der Waals surface area contributed by atoms with E-state index < -0.39 is 0 Å². The Morgan fingerprint density at radius 1 is 1.50 bits per heavy atom. The first-order valence-electron chi connectivity index (χ1n) is 5.54. The molecule has 0 unspecified atom stereocenters. The number of aromatic nitrogens is 6. The van der Waals surface area contributed by atoms with Crippen molar-refractivity contribution in [2.45, 2.75) is 19.9 Å². The third kappa shape index (κ3) is 1.65. The van der Waals surface area contributed by atoms with Crippen molar-refractivity contribution in [2.75, 3.05) is 0 Å². The van der Waals surface area contributed by atoms with E-state index >= 15 is 0 Å². The molecule has 0 aliphatic carbocycles. The lowest BCUT2D eigenvalue weighted by Gasteiger charge is -2.02. The number of hydrogen-bond acceptors (Lipinski definition) is 5. The number of hydrogen-bond donors (Lipinski definition) is 1. The molecule has 0 bridgehead atoms. The average Bonchev–Trinajstić information content (AvgIpc) is 2.98. The Morgan fingerprint density at radius 3 is 3.06 bits per heavy atom. The maximum absolute atomic E-state index is 5.32. The lowest BCUT2D eigenvalue weighted by Crippen LogP contribution is -2.05. The van der Waals surface area contributed by atoms with Crippen LogP contribution in [0.2, 0.25) is 0 Å². The van der Waals surface area contributed by atoms with Gasteiger partial charge in [-0.3, -0.25) is 4.68 Å². The van der Waals surface area contributed by atoms with E-state index in [-0.39, 0.29) is 0 Å². The number of H-pyrrole nitrogens is 1. The van der Waals surface area contributed by atoms with Gasteiger partial charge in [0.15, 0.2) is 16.7 Å². The summed E-state index contributed by atoms with van der Waals surface area (Å²) in [5, 5.41) is 7.95. The molecule has 3 rings (SSSR count). The lowest BCUT2D eigenvalue weighted by atomic mass is 10.4. The molecule has 0 radical (unpaired) electrons. The van der Waals surface area contributed by atoms with E-state index in [0.717, 1.165) is 16.9 Å². The van der Waals surface area contributed by atoms with Crippen molar-refractivity contribution in [3.05, 3.63) is 22.7 Å². The van der Waals surface area contributed by atoms with Gasteiger partial charge in [-0.2, -0.15) is 10.1 Å². The molecule has 0 fully saturated rings. The summed E-state index contributed by atoms with van der Waals surface area (Å²) in [6.07, 6.45) is 2.04. The molecule has 7 nitrogen and oxygen atoms in total. The Kier molecular flexibility index (Phi) is 2.51. The molecular weight excluding hydrogens is 252 g/mol. The van der Waals surface area contributed by atoms with Crippen LogP contribution in [-0.4, -0.2) is 29.5 Å². The molecule has 0 aromatic carbocycles. The van der Waals surface area contributed by atoms with E-state index in [9.17, 15) is 0 Å². The standard InChI is InChI=1S/C10H12N6OS/c1-6-8-9(15(2)14-6)16(10(18)13-8)4-3-7-11-5-12-17-7/h5H,3-4H2,1-2H3,(H,13,18). The van der Waals surface area contributed by atoms with Crippen LogP contribution < -0.4 is 0 Å². The number of imidazole rings is 1. The smallest absolute Gasteiger partial charge is 0.228 e. The van der Waals surface area contributed by atoms with Crippen LogP contribution in [0.15, 0.2) is 10.9 Å². The van der Waals surface area contributed by atoms with Gasteiger partial charge in [-0.05, 0) is 19.1 Å². The average molecular weight is 264 g/mol. The van der Waals surface area contributed by atoms with E-state index in [2.05, 4.69) is 20.2 Å². The zero-order chi connectivity index (χ0) is 12.7. The van der Waals surface area contributed by atoms with Gasteiger partial charge in [0, 0.05) is 20.0 Å². The van der Waals surface area contributed by atoms with E-state index in [1.54, 1.807) is 0 Å². The minimum absolute atomic E-state index is 0.602. The summed E-state index contributed by atoms with van der Waals surface area (Å²) in [5.41, 5.74) is 2.90. The van der Waals surface area contributed by atoms with E-state index in [4.69, 9.17) is 16.7 Å². The van der Waals surface area contributed by atoms with Gasteiger partial charge in [0.2, 0.25) is 5.89 Å². The van der Waals surface area contributed by atoms with Gasteiger partial charge in [-0.1, -0.05) is 5.16 Å². The Morgan fingerprint density at radius 2 is 2.33 bits per heavy atom. The highest BCUT2D eigenvalue weighted by Gasteiger charge is 2.13. The molecule has 1 N–H and O–H groups in total. The Labute approximate surface area is 107 Å². The third-order valence-electron chi connectivity index (χ3n) is 2.88. The summed E-state index contributed by atoms with van der Waals surface area (Å²) in [6, 6.07) is 0. The molecule has 0 amide bonds. The van der Waals surface area contributed by atoms with E-state index in [1.165, 1.54) is 6.33 Å². The largest absolute Gasteiger partial charge is 0.340 e. The molecule has 3 heterocycles. The normalized spacial score (nSPS) is 11.4. The van der Waals surface area contributed by atoms with Crippen molar-refractivity contribution in [1.29, 1.82) is 0 Å². The Bertz CT molecular complexity index is 734. The molecular formula is C10H12N6OS. The number of fused-ring (bicyclic) bond motifs is 1. The number of nitrogens with one attached hydrogen (secondary N) is 1. The number of aromatic amines is 1. The Balaban J connectivity index is 2.00. The van der Waals surface area contributed by atoms with Gasteiger partial charge in [0.05, 0.1) is 5.69 Å². The maximum atomic E-state index is 5.32. The molecule has 0 saturated heterocycles. The summed E-state index contributed by atoms with van der Waals surface area (Å²) >= 11 is 5.32. The topological polar surface area (TPSA) is 77.5 Å². The summed E-state index contributed by atoms with van der Waals surface area (Å²) in [5.74, 6) is 0.602. The van der Waals surface area contributed by atoms with Crippen molar-refractivity contribution < 1.29 is 4.52 Å². The molecule has 94 valence electrons. The van der Waals surface area contributed by atoms with Crippen molar-refractivity contribution >= 4 is 23.4 Å². The molecule has 0 saturated carbocycles. The fourth-order valence-corrected chi connectivity index (χ4v) is 2.37. The highest BCUT2D eigenvalue weighted by atomic mass is 32.1. The lowest BCUT2D eigenvalue weighted by molar-refractivity contribution is 0.371. The number of rotatable bonds is 3. The quantitative estimate of drug-likeness (QED) is 0.723. The fourth-order valence-electron chi connectivity index (χ4n) is 2.09. The highest BCUT2D eigenvalue weighted by molar-refractivity contribution is 7.71. The van der Waals surface area contributed by atoms with Crippen LogP contribution >= 0.6 is 12.2 Å². The van der Waals surface area contributed by atoms with Crippen LogP contribution in [0.4, 0.5) is 0 Å². The van der Waals surface area contributed by atoms with Crippen LogP contribution in [0.1, 0.15) is 11.6 Å². The van der Waals surface area contributed by atoms with Crippen LogP contribution in [0.3, 0.4) is 0 Å². The van der Waals surface area contributed by atoms with Crippen molar-refractivity contribution in [2.24, 2.45) is 7.05 Å². The SMILES string of the molecule is Cc1nn(C)c2c1[nH]c(=S)n2CCc1ncno1. The van der Waals surface area contributed by atoms with E-state index in [1.807, 2.05) is 23.2 Å². The molecule has 0 spiro atoms. The summed E-state index contributed by atoms with van der Waals surface area (Å²) in [6.45, 7) is 2.63. The maximum Gasteiger partial charge on any atom is 0.228 e. The minimum Gasteiger partial charge on any atom is -0.340 e. The van der Waals surface area contributed by atoms with Crippen LogP contribution in [-0.2, 0) is 20.0 Å². The first-order chi connectivity index (χ1) is 8.66. The zero-order valence-corrected chi connectivity index (χ0v) is 10.9. The zero-order valence-electron chi connectivity index (χ0n) is 10.0. The summed E-state index contributed by atoms with van der Waals surface area (Å²) in [7, 11) is 1.90. The van der Waals surface area contributed by atoms with Gasteiger partial charge in [0.1, 0.15) is 5.52 Å². The van der Waals surface area contributed by atoms with Gasteiger partial charge >= 0.3 is 0 Å². The second kappa shape index (κ2) is 4.05. The van der Waals surface area contributed by atoms with E-state index in [0.29, 0.717) is 23.6 Å². The second-order valence-electron chi connectivity index (χ2n) is 4.07. The predicted molar refractivity (Wildman–Crippen MR) is 66.6 cm³/mol. The molecule has 0 aliphatic rings. The first-order valence-corrected chi connectivity index (χ1v) is 5.95. The Hall–Kier alpha value is -1.96. The first kappa shape index (κ1) is 11.1. The summed E-state index contributed by atoms with van der Waals surface area (Å²) < 4.78 is 9.48. The molecule has 3 aromatic rings.